The van der Waals surface area contributed by atoms with Crippen LogP contribution in [-0.2, 0) is 6.54 Å². The highest BCUT2D eigenvalue weighted by Crippen LogP contribution is 2.24. The summed E-state index contributed by atoms with van der Waals surface area (Å²) in [5, 5.41) is 8.90. The number of hydrogen-bond donors (Lipinski definition) is 0. The van der Waals surface area contributed by atoms with E-state index in [1.54, 1.807) is 0 Å². The molecular formula is C20H26N4. The van der Waals surface area contributed by atoms with Gasteiger partial charge in [-0.05, 0) is 63.0 Å². The molecule has 2 fully saturated rings. The van der Waals surface area contributed by atoms with Gasteiger partial charge < -0.3 is 4.90 Å². The van der Waals surface area contributed by atoms with Gasteiger partial charge in [-0.2, -0.15) is 10.2 Å². The summed E-state index contributed by atoms with van der Waals surface area (Å²) in [4.78, 5) is 4.94. The number of rotatable bonds is 4. The first-order valence-corrected chi connectivity index (χ1v) is 9.29. The highest BCUT2D eigenvalue weighted by Gasteiger charge is 2.13. The summed E-state index contributed by atoms with van der Waals surface area (Å²) in [7, 11) is 0. The fourth-order valence-corrected chi connectivity index (χ4v) is 3.76. The van der Waals surface area contributed by atoms with Crippen molar-refractivity contribution in [2.24, 2.45) is 0 Å². The Kier molecular flexibility index (Phi) is 4.74. The van der Waals surface area contributed by atoms with Crippen LogP contribution in [0, 0.1) is 0 Å². The fourth-order valence-electron chi connectivity index (χ4n) is 3.76. The van der Waals surface area contributed by atoms with Gasteiger partial charge in [0.2, 0.25) is 0 Å². The minimum absolute atomic E-state index is 0.932. The highest BCUT2D eigenvalue weighted by atomic mass is 15.2. The highest BCUT2D eigenvalue weighted by molar-refractivity contribution is 5.62. The Labute approximate surface area is 144 Å². The maximum absolute atomic E-state index is 4.45. The zero-order chi connectivity index (χ0) is 16.2. The van der Waals surface area contributed by atoms with Crippen LogP contribution in [0.1, 0.15) is 37.8 Å². The van der Waals surface area contributed by atoms with Crippen molar-refractivity contribution in [2.45, 2.75) is 38.6 Å². The maximum Gasteiger partial charge on any atom is 0.0929 e. The Morgan fingerprint density at radius 2 is 1.42 bits per heavy atom. The molecule has 0 atom stereocenters. The summed E-state index contributed by atoms with van der Waals surface area (Å²) in [6, 6.07) is 13.0. The quantitative estimate of drug-likeness (QED) is 0.858. The van der Waals surface area contributed by atoms with Crippen LogP contribution in [0.15, 0.2) is 36.4 Å². The molecule has 4 heteroatoms. The van der Waals surface area contributed by atoms with Crippen molar-refractivity contribution in [3.63, 3.8) is 0 Å². The van der Waals surface area contributed by atoms with Gasteiger partial charge in [0.25, 0.3) is 0 Å². The Bertz CT molecular complexity index is 638. The smallest absolute Gasteiger partial charge is 0.0929 e. The molecule has 3 heterocycles. The Morgan fingerprint density at radius 1 is 0.708 bits per heavy atom. The van der Waals surface area contributed by atoms with Gasteiger partial charge in [0.05, 0.1) is 11.4 Å². The number of anilines is 1. The third-order valence-electron chi connectivity index (χ3n) is 5.19. The first-order chi connectivity index (χ1) is 11.9. The molecule has 0 spiro atoms. The number of aromatic nitrogens is 2. The molecular weight excluding hydrogens is 296 g/mol. The van der Waals surface area contributed by atoms with Crippen molar-refractivity contribution in [3.8, 4) is 11.3 Å². The van der Waals surface area contributed by atoms with E-state index >= 15 is 0 Å². The van der Waals surface area contributed by atoms with Crippen LogP contribution in [-0.4, -0.2) is 41.3 Å². The average Bonchev–Trinajstić information content (AvgIpc) is 3.18. The number of hydrogen-bond acceptors (Lipinski definition) is 4. The summed E-state index contributed by atoms with van der Waals surface area (Å²) in [6.07, 6.45) is 6.62. The number of nitrogens with zero attached hydrogens (tertiary/aromatic N) is 4. The summed E-state index contributed by atoms with van der Waals surface area (Å²) >= 11 is 0. The zero-order valence-electron chi connectivity index (χ0n) is 14.3. The van der Waals surface area contributed by atoms with E-state index in [1.165, 1.54) is 64.0 Å². The molecule has 2 saturated heterocycles. The van der Waals surface area contributed by atoms with Gasteiger partial charge >= 0.3 is 0 Å². The summed E-state index contributed by atoms with van der Waals surface area (Å²) < 4.78 is 0. The van der Waals surface area contributed by atoms with Crippen LogP contribution in [0.2, 0.25) is 0 Å². The second kappa shape index (κ2) is 7.31. The molecule has 2 aliphatic heterocycles. The average molecular weight is 322 g/mol. The normalized spacial score (nSPS) is 18.9. The number of likely N-dealkylation sites (tertiary alicyclic amines) is 1. The number of piperidine rings is 1. The third-order valence-corrected chi connectivity index (χ3v) is 5.19. The van der Waals surface area contributed by atoms with E-state index in [2.05, 4.69) is 56.4 Å². The lowest BCUT2D eigenvalue weighted by Gasteiger charge is -2.25. The summed E-state index contributed by atoms with van der Waals surface area (Å²) in [5.74, 6) is 0. The molecule has 1 aromatic carbocycles. The van der Waals surface area contributed by atoms with Crippen molar-refractivity contribution in [1.29, 1.82) is 0 Å². The van der Waals surface area contributed by atoms with E-state index in [4.69, 9.17) is 0 Å². The molecule has 0 bridgehead atoms. The Hall–Kier alpha value is -1.94. The largest absolute Gasteiger partial charge is 0.372 e. The fraction of sp³-hybridized carbons (Fsp3) is 0.500. The lowest BCUT2D eigenvalue weighted by atomic mass is 10.1. The minimum Gasteiger partial charge on any atom is -0.372 e. The standard InChI is InChI=1S/C20H26N4/c1-2-12-23(13-3-1)16-18-8-11-20(22-21-18)17-6-9-19(10-7-17)24-14-4-5-15-24/h6-11H,1-5,12-16H2. The molecule has 1 aromatic heterocycles. The first-order valence-electron chi connectivity index (χ1n) is 9.29. The second-order valence-electron chi connectivity index (χ2n) is 6.99. The zero-order valence-corrected chi connectivity index (χ0v) is 14.3. The molecule has 2 aromatic rings. The van der Waals surface area contributed by atoms with Gasteiger partial charge in [0.1, 0.15) is 0 Å². The van der Waals surface area contributed by atoms with Crippen LogP contribution in [0.3, 0.4) is 0 Å². The van der Waals surface area contributed by atoms with Crippen molar-refractivity contribution in [2.75, 3.05) is 31.1 Å². The van der Waals surface area contributed by atoms with E-state index in [9.17, 15) is 0 Å². The molecule has 0 amide bonds. The minimum atomic E-state index is 0.932. The second-order valence-corrected chi connectivity index (χ2v) is 6.99. The molecule has 4 nitrogen and oxygen atoms in total. The molecule has 0 unspecified atom stereocenters. The lowest BCUT2D eigenvalue weighted by molar-refractivity contribution is 0.218. The molecule has 126 valence electrons. The van der Waals surface area contributed by atoms with Crippen LogP contribution < -0.4 is 4.90 Å². The topological polar surface area (TPSA) is 32.3 Å². The van der Waals surface area contributed by atoms with Gasteiger partial charge in [0, 0.05) is 30.9 Å². The number of benzene rings is 1. The van der Waals surface area contributed by atoms with Crippen LogP contribution in [0.25, 0.3) is 11.3 Å². The molecule has 0 N–H and O–H groups in total. The monoisotopic (exact) mass is 322 g/mol. The molecule has 0 saturated carbocycles. The first kappa shape index (κ1) is 15.6. The van der Waals surface area contributed by atoms with Crippen LogP contribution in [0.4, 0.5) is 5.69 Å². The van der Waals surface area contributed by atoms with Crippen LogP contribution >= 0.6 is 0 Å². The van der Waals surface area contributed by atoms with E-state index in [-0.39, 0.29) is 0 Å². The van der Waals surface area contributed by atoms with Crippen molar-refractivity contribution >= 4 is 5.69 Å². The van der Waals surface area contributed by atoms with E-state index in [0.29, 0.717) is 0 Å². The van der Waals surface area contributed by atoms with E-state index < -0.39 is 0 Å². The lowest BCUT2D eigenvalue weighted by Crippen LogP contribution is -2.29. The SMILES string of the molecule is c1cc(N2CCCC2)ccc1-c1ccc(CN2CCCCC2)nn1. The Morgan fingerprint density at radius 3 is 2.08 bits per heavy atom. The van der Waals surface area contributed by atoms with Gasteiger partial charge in [-0.1, -0.05) is 18.6 Å². The van der Waals surface area contributed by atoms with Crippen LogP contribution in [0.5, 0.6) is 0 Å². The molecule has 0 aliphatic carbocycles. The van der Waals surface area contributed by atoms with E-state index in [1.807, 2.05) is 0 Å². The molecule has 0 radical (unpaired) electrons. The molecule has 4 rings (SSSR count). The van der Waals surface area contributed by atoms with Gasteiger partial charge in [-0.3, -0.25) is 4.90 Å². The maximum atomic E-state index is 4.45. The van der Waals surface area contributed by atoms with Gasteiger partial charge in [0.15, 0.2) is 0 Å². The van der Waals surface area contributed by atoms with Crippen molar-refractivity contribution in [3.05, 3.63) is 42.1 Å². The Balaban J connectivity index is 1.42. The predicted octanol–water partition coefficient (Wildman–Crippen LogP) is 3.73. The van der Waals surface area contributed by atoms with Gasteiger partial charge in [-0.15, -0.1) is 0 Å². The third kappa shape index (κ3) is 3.59. The van der Waals surface area contributed by atoms with Gasteiger partial charge in [-0.25, -0.2) is 0 Å². The van der Waals surface area contributed by atoms with Crippen molar-refractivity contribution < 1.29 is 0 Å². The van der Waals surface area contributed by atoms with Crippen molar-refractivity contribution in [1.82, 2.24) is 15.1 Å². The molecule has 2 aliphatic rings. The molecule has 24 heavy (non-hydrogen) atoms. The predicted molar refractivity (Wildman–Crippen MR) is 98.0 cm³/mol. The summed E-state index contributed by atoms with van der Waals surface area (Å²) in [6.45, 7) is 5.69. The van der Waals surface area contributed by atoms with E-state index in [0.717, 1.165) is 23.5 Å². The summed E-state index contributed by atoms with van der Waals surface area (Å²) in [5.41, 5.74) is 4.51.